The van der Waals surface area contributed by atoms with Crippen molar-refractivity contribution in [3.8, 4) is 0 Å². The molecule has 1 saturated heterocycles. The van der Waals surface area contributed by atoms with Gasteiger partial charge in [0.05, 0.1) is 0 Å². The largest absolute Gasteiger partial charge is 0.300 e. The molecule has 0 spiro atoms. The summed E-state index contributed by atoms with van der Waals surface area (Å²) in [6.07, 6.45) is 1.24. The highest BCUT2D eigenvalue weighted by Gasteiger charge is 2.18. The molecule has 2 nitrogen and oxygen atoms in total. The van der Waals surface area contributed by atoms with Gasteiger partial charge in [-0.15, -0.1) is 0 Å². The van der Waals surface area contributed by atoms with Gasteiger partial charge in [0.15, 0.2) is 0 Å². The van der Waals surface area contributed by atoms with Crippen molar-refractivity contribution in [2.75, 3.05) is 38.5 Å². The van der Waals surface area contributed by atoms with Crippen LogP contribution in [0, 0.1) is 5.92 Å². The predicted octanol–water partition coefficient (Wildman–Crippen LogP) is 2.76. The number of nitrogens with zero attached hydrogens (tertiary/aromatic N) is 2. The van der Waals surface area contributed by atoms with Crippen LogP contribution in [-0.4, -0.2) is 48.3 Å². The Morgan fingerprint density at radius 2 is 1.68 bits per heavy atom. The Bertz CT molecular complexity index is 343. The minimum atomic E-state index is 0.754. The fraction of sp³-hybridized carbons (Fsp3) is 0.625. The van der Waals surface area contributed by atoms with E-state index in [1.165, 1.54) is 44.7 Å². The quantitative estimate of drug-likeness (QED) is 0.800. The van der Waals surface area contributed by atoms with Crippen molar-refractivity contribution in [1.82, 2.24) is 9.80 Å². The molecule has 1 atom stereocenters. The van der Waals surface area contributed by atoms with Gasteiger partial charge < -0.3 is 4.90 Å². The highest BCUT2D eigenvalue weighted by atomic mass is 32.1. The van der Waals surface area contributed by atoms with E-state index in [1.807, 2.05) is 0 Å². The fourth-order valence-electron chi connectivity index (χ4n) is 2.65. The monoisotopic (exact) mass is 278 g/mol. The van der Waals surface area contributed by atoms with E-state index >= 15 is 0 Å². The number of hydrogen-bond acceptors (Lipinski definition) is 3. The van der Waals surface area contributed by atoms with Crippen LogP contribution in [0.5, 0.6) is 0 Å². The number of benzene rings is 1. The second-order valence-corrected chi connectivity index (χ2v) is 5.88. The maximum Gasteiger partial charge on any atom is 0.0234 e. The first-order valence-electron chi connectivity index (χ1n) is 7.41. The number of piperazine rings is 1. The molecule has 19 heavy (non-hydrogen) atoms. The van der Waals surface area contributed by atoms with E-state index < -0.39 is 0 Å². The van der Waals surface area contributed by atoms with Crippen LogP contribution in [0.2, 0.25) is 0 Å². The first-order chi connectivity index (χ1) is 9.31. The van der Waals surface area contributed by atoms with Gasteiger partial charge in [-0.25, -0.2) is 0 Å². The summed E-state index contributed by atoms with van der Waals surface area (Å²) in [5.41, 5.74) is 1.43. The molecule has 0 saturated carbocycles. The molecular formula is C16H26N2S. The van der Waals surface area contributed by atoms with Gasteiger partial charge in [0.1, 0.15) is 0 Å². The van der Waals surface area contributed by atoms with E-state index in [0.29, 0.717) is 0 Å². The lowest BCUT2D eigenvalue weighted by Crippen LogP contribution is -2.47. The zero-order chi connectivity index (χ0) is 13.5. The van der Waals surface area contributed by atoms with E-state index in [2.05, 4.69) is 59.7 Å². The molecule has 0 N–H and O–H groups in total. The number of thiol groups is 1. The molecule has 0 aliphatic carbocycles. The summed E-state index contributed by atoms with van der Waals surface area (Å²) >= 11 is 4.44. The maximum atomic E-state index is 4.44. The molecule has 106 valence electrons. The third-order valence-corrected chi connectivity index (χ3v) is 4.58. The van der Waals surface area contributed by atoms with Gasteiger partial charge in [0.2, 0.25) is 0 Å². The average molecular weight is 278 g/mol. The lowest BCUT2D eigenvalue weighted by atomic mass is 10.1. The molecule has 1 aromatic rings. The normalized spacial score (nSPS) is 19.5. The Balaban J connectivity index is 1.73. The Kier molecular flexibility index (Phi) is 6.21. The zero-order valence-corrected chi connectivity index (χ0v) is 12.9. The molecule has 1 aliphatic heterocycles. The molecule has 3 heteroatoms. The van der Waals surface area contributed by atoms with Gasteiger partial charge in [-0.2, -0.15) is 12.6 Å². The van der Waals surface area contributed by atoms with Gasteiger partial charge in [-0.05, 0) is 17.2 Å². The first-order valence-corrected chi connectivity index (χ1v) is 8.04. The van der Waals surface area contributed by atoms with Gasteiger partial charge in [-0.3, -0.25) is 4.90 Å². The van der Waals surface area contributed by atoms with E-state index in [4.69, 9.17) is 0 Å². The molecule has 1 aromatic carbocycles. The summed E-state index contributed by atoms with van der Waals surface area (Å²) in [7, 11) is 0. The zero-order valence-electron chi connectivity index (χ0n) is 12.0. The highest BCUT2D eigenvalue weighted by molar-refractivity contribution is 7.80. The van der Waals surface area contributed by atoms with Crippen LogP contribution < -0.4 is 0 Å². The predicted molar refractivity (Wildman–Crippen MR) is 85.8 cm³/mol. The van der Waals surface area contributed by atoms with Crippen LogP contribution in [0.4, 0.5) is 0 Å². The van der Waals surface area contributed by atoms with Crippen LogP contribution in [0.25, 0.3) is 0 Å². The first kappa shape index (κ1) is 14.9. The molecule has 1 fully saturated rings. The van der Waals surface area contributed by atoms with Crippen molar-refractivity contribution < 1.29 is 0 Å². The molecule has 1 unspecified atom stereocenters. The van der Waals surface area contributed by atoms with E-state index in [-0.39, 0.29) is 0 Å². The van der Waals surface area contributed by atoms with Crippen LogP contribution in [0.3, 0.4) is 0 Å². The van der Waals surface area contributed by atoms with Crippen molar-refractivity contribution in [2.24, 2.45) is 5.92 Å². The standard InChI is InChI=1S/C16H26N2S/c1-2-15(14-19)12-17-8-10-18(11-9-17)13-16-6-4-3-5-7-16/h3-7,15,19H,2,8-14H2,1H3. The molecule has 1 heterocycles. The molecule has 0 amide bonds. The molecule has 0 bridgehead atoms. The maximum absolute atomic E-state index is 4.44. The van der Waals surface area contributed by atoms with Crippen LogP contribution in [-0.2, 0) is 6.54 Å². The second kappa shape index (κ2) is 7.93. The second-order valence-electron chi connectivity index (χ2n) is 5.52. The van der Waals surface area contributed by atoms with Crippen molar-refractivity contribution in [3.05, 3.63) is 35.9 Å². The van der Waals surface area contributed by atoms with Crippen molar-refractivity contribution in [2.45, 2.75) is 19.9 Å². The Labute approximate surface area is 123 Å². The number of hydrogen-bond donors (Lipinski definition) is 1. The van der Waals surface area contributed by atoms with Crippen molar-refractivity contribution in [1.29, 1.82) is 0 Å². The molecule has 0 aromatic heterocycles. The van der Waals surface area contributed by atoms with Crippen LogP contribution in [0.15, 0.2) is 30.3 Å². The summed E-state index contributed by atoms with van der Waals surface area (Å²) in [5, 5.41) is 0. The minimum Gasteiger partial charge on any atom is -0.300 e. The van der Waals surface area contributed by atoms with Crippen LogP contribution >= 0.6 is 12.6 Å². The smallest absolute Gasteiger partial charge is 0.0234 e. The SMILES string of the molecule is CCC(CS)CN1CCN(Cc2ccccc2)CC1. The van der Waals surface area contributed by atoms with Crippen molar-refractivity contribution in [3.63, 3.8) is 0 Å². The van der Waals surface area contributed by atoms with Gasteiger partial charge in [0, 0.05) is 39.3 Å². The van der Waals surface area contributed by atoms with Crippen molar-refractivity contribution >= 4 is 12.6 Å². The van der Waals surface area contributed by atoms with E-state index in [9.17, 15) is 0 Å². The average Bonchev–Trinajstić information content (AvgIpc) is 2.47. The van der Waals surface area contributed by atoms with E-state index in [0.717, 1.165) is 18.2 Å². The molecule has 1 aliphatic rings. The topological polar surface area (TPSA) is 6.48 Å². The summed E-state index contributed by atoms with van der Waals surface area (Å²) in [6.45, 7) is 9.38. The number of rotatable bonds is 6. The Morgan fingerprint density at radius 3 is 2.26 bits per heavy atom. The van der Waals surface area contributed by atoms with Gasteiger partial charge >= 0.3 is 0 Å². The summed E-state index contributed by atoms with van der Waals surface area (Å²) < 4.78 is 0. The fourth-order valence-corrected chi connectivity index (χ4v) is 3.03. The third kappa shape index (κ3) is 4.83. The van der Waals surface area contributed by atoms with Gasteiger partial charge in [-0.1, -0.05) is 43.7 Å². The van der Waals surface area contributed by atoms with Crippen LogP contribution in [0.1, 0.15) is 18.9 Å². The highest BCUT2D eigenvalue weighted by Crippen LogP contribution is 2.12. The van der Waals surface area contributed by atoms with Gasteiger partial charge in [0.25, 0.3) is 0 Å². The lowest BCUT2D eigenvalue weighted by molar-refractivity contribution is 0.115. The van der Waals surface area contributed by atoms with E-state index in [1.54, 1.807) is 0 Å². The summed E-state index contributed by atoms with van der Waals surface area (Å²) in [6, 6.07) is 10.8. The Hall–Kier alpha value is -0.510. The Morgan fingerprint density at radius 1 is 1.05 bits per heavy atom. The summed E-state index contributed by atoms with van der Waals surface area (Å²) in [5.74, 6) is 1.77. The molecule has 2 rings (SSSR count). The summed E-state index contributed by atoms with van der Waals surface area (Å²) in [4.78, 5) is 5.17. The molecular weight excluding hydrogens is 252 g/mol. The molecule has 0 radical (unpaired) electrons. The minimum absolute atomic E-state index is 0.754. The lowest BCUT2D eigenvalue weighted by Gasteiger charge is -2.36. The third-order valence-electron chi connectivity index (χ3n) is 4.07.